The zero-order valence-electron chi connectivity index (χ0n) is 10.0. The highest BCUT2D eigenvalue weighted by molar-refractivity contribution is 7.90. The van der Waals surface area contributed by atoms with Gasteiger partial charge in [-0.25, -0.2) is 13.2 Å². The average Bonchev–Trinajstić information content (AvgIpc) is 2.32. The van der Waals surface area contributed by atoms with Crippen LogP contribution in [0.4, 0.5) is 0 Å². The molecule has 0 radical (unpaired) electrons. The molecule has 0 aliphatic rings. The molecular formula is C13H12O4S. The van der Waals surface area contributed by atoms with Crippen molar-refractivity contribution in [3.05, 3.63) is 52.6 Å². The molecule has 5 heteroatoms. The second kappa shape index (κ2) is 4.42. The lowest BCUT2D eigenvalue weighted by molar-refractivity contribution is 0.506. The van der Waals surface area contributed by atoms with Gasteiger partial charge in [-0.3, -0.25) is 0 Å². The molecule has 2 aromatic rings. The molecule has 0 aliphatic heterocycles. The summed E-state index contributed by atoms with van der Waals surface area (Å²) in [5.41, 5.74) is 1.64. The third-order valence-corrected chi connectivity index (χ3v) is 3.84. The molecule has 0 aliphatic carbocycles. The van der Waals surface area contributed by atoms with Crippen molar-refractivity contribution in [2.24, 2.45) is 0 Å². The maximum Gasteiger partial charge on any atom is 0.339 e. The molecule has 0 atom stereocenters. The van der Waals surface area contributed by atoms with Crippen LogP contribution in [0.1, 0.15) is 5.56 Å². The summed E-state index contributed by atoms with van der Waals surface area (Å²) in [4.78, 5) is 11.6. The van der Waals surface area contributed by atoms with Gasteiger partial charge in [0.15, 0.2) is 9.84 Å². The van der Waals surface area contributed by atoms with Gasteiger partial charge in [0, 0.05) is 11.8 Å². The summed E-state index contributed by atoms with van der Waals surface area (Å²) in [6.07, 6.45) is 2.49. The predicted molar refractivity (Wildman–Crippen MR) is 68.3 cm³/mol. The van der Waals surface area contributed by atoms with Crippen molar-refractivity contribution in [3.63, 3.8) is 0 Å². The molecule has 0 N–H and O–H groups in total. The van der Waals surface area contributed by atoms with Crippen molar-refractivity contribution in [1.82, 2.24) is 0 Å². The zero-order valence-corrected chi connectivity index (χ0v) is 10.8. The second-order valence-corrected chi connectivity index (χ2v) is 6.06. The van der Waals surface area contributed by atoms with Crippen molar-refractivity contribution < 1.29 is 12.8 Å². The van der Waals surface area contributed by atoms with Gasteiger partial charge < -0.3 is 4.42 Å². The van der Waals surface area contributed by atoms with E-state index in [-0.39, 0.29) is 10.5 Å². The van der Waals surface area contributed by atoms with E-state index in [1.807, 2.05) is 0 Å². The summed E-state index contributed by atoms with van der Waals surface area (Å²) in [6.45, 7) is 1.67. The summed E-state index contributed by atoms with van der Waals surface area (Å²) in [6, 6.07) is 8.10. The summed E-state index contributed by atoms with van der Waals surface area (Å²) in [5.74, 6) is 0. The minimum atomic E-state index is -3.20. The van der Waals surface area contributed by atoms with Crippen LogP contribution >= 0.6 is 0 Å². The van der Waals surface area contributed by atoms with Crippen LogP contribution in [0.25, 0.3) is 11.1 Å². The summed E-state index contributed by atoms with van der Waals surface area (Å²) in [7, 11) is -3.20. The van der Waals surface area contributed by atoms with E-state index in [9.17, 15) is 13.2 Å². The van der Waals surface area contributed by atoms with E-state index in [4.69, 9.17) is 4.42 Å². The lowest BCUT2D eigenvalue weighted by atomic mass is 10.0. The Hall–Kier alpha value is -1.88. The molecule has 0 bridgehead atoms. The van der Waals surface area contributed by atoms with Crippen LogP contribution < -0.4 is 5.63 Å². The fourth-order valence-electron chi connectivity index (χ4n) is 1.68. The second-order valence-electron chi connectivity index (χ2n) is 4.04. The van der Waals surface area contributed by atoms with E-state index in [1.54, 1.807) is 25.1 Å². The molecule has 1 aromatic carbocycles. The zero-order chi connectivity index (χ0) is 13.3. The first-order valence-electron chi connectivity index (χ1n) is 5.28. The van der Waals surface area contributed by atoms with E-state index in [0.29, 0.717) is 5.56 Å². The van der Waals surface area contributed by atoms with Gasteiger partial charge in [-0.15, -0.1) is 0 Å². The maximum atomic E-state index is 11.4. The Morgan fingerprint density at radius 1 is 1.06 bits per heavy atom. The maximum absolute atomic E-state index is 11.4. The van der Waals surface area contributed by atoms with E-state index >= 15 is 0 Å². The van der Waals surface area contributed by atoms with Crippen molar-refractivity contribution >= 4 is 9.84 Å². The highest BCUT2D eigenvalue weighted by atomic mass is 32.2. The van der Waals surface area contributed by atoms with Gasteiger partial charge in [-0.05, 0) is 36.2 Å². The Bertz CT molecular complexity index is 724. The molecule has 18 heavy (non-hydrogen) atoms. The number of hydrogen-bond acceptors (Lipinski definition) is 4. The Morgan fingerprint density at radius 3 is 2.22 bits per heavy atom. The standard InChI is InChI=1S/C13H12O4S/c1-9-12(7-8-17-13(9)14)10-3-5-11(6-4-10)18(2,15)16/h3-8H,1-2H3. The van der Waals surface area contributed by atoms with Crippen molar-refractivity contribution in [2.75, 3.05) is 6.26 Å². The van der Waals surface area contributed by atoms with Crippen LogP contribution in [0.15, 0.2) is 50.7 Å². The molecule has 1 aromatic heterocycles. The summed E-state index contributed by atoms with van der Waals surface area (Å²) < 4.78 is 27.4. The van der Waals surface area contributed by atoms with Crippen LogP contribution in [0.5, 0.6) is 0 Å². The lowest BCUT2D eigenvalue weighted by Crippen LogP contribution is -2.03. The van der Waals surface area contributed by atoms with E-state index < -0.39 is 9.84 Å². The number of benzene rings is 1. The molecule has 0 saturated carbocycles. The average molecular weight is 264 g/mol. The van der Waals surface area contributed by atoms with Gasteiger partial charge in [0.2, 0.25) is 0 Å². The van der Waals surface area contributed by atoms with E-state index in [2.05, 4.69) is 0 Å². The fraction of sp³-hybridized carbons (Fsp3) is 0.154. The molecule has 2 rings (SSSR count). The number of rotatable bonds is 2. The lowest BCUT2D eigenvalue weighted by Gasteiger charge is -2.05. The number of sulfone groups is 1. The molecule has 0 amide bonds. The summed E-state index contributed by atoms with van der Waals surface area (Å²) in [5, 5.41) is 0. The molecule has 94 valence electrons. The van der Waals surface area contributed by atoms with Crippen LogP contribution in [0.2, 0.25) is 0 Å². The van der Waals surface area contributed by atoms with Crippen LogP contribution in [0, 0.1) is 6.92 Å². The molecule has 4 nitrogen and oxygen atoms in total. The number of hydrogen-bond donors (Lipinski definition) is 0. The van der Waals surface area contributed by atoms with Gasteiger partial charge in [-0.2, -0.15) is 0 Å². The normalized spacial score (nSPS) is 11.4. The third-order valence-electron chi connectivity index (χ3n) is 2.71. The van der Waals surface area contributed by atoms with Gasteiger partial charge in [0.05, 0.1) is 11.2 Å². The monoisotopic (exact) mass is 264 g/mol. The molecule has 0 fully saturated rings. The Kier molecular flexibility index (Phi) is 3.09. The highest BCUT2D eigenvalue weighted by Crippen LogP contribution is 2.22. The summed E-state index contributed by atoms with van der Waals surface area (Å²) >= 11 is 0. The van der Waals surface area contributed by atoms with Crippen molar-refractivity contribution in [3.8, 4) is 11.1 Å². The minimum Gasteiger partial charge on any atom is -0.431 e. The minimum absolute atomic E-state index is 0.256. The largest absolute Gasteiger partial charge is 0.431 e. The molecule has 1 heterocycles. The van der Waals surface area contributed by atoms with E-state index in [0.717, 1.165) is 17.4 Å². The Balaban J connectivity index is 2.54. The van der Waals surface area contributed by atoms with Gasteiger partial charge in [-0.1, -0.05) is 12.1 Å². The van der Waals surface area contributed by atoms with E-state index in [1.165, 1.54) is 18.4 Å². The van der Waals surface area contributed by atoms with Crippen LogP contribution in [-0.2, 0) is 9.84 Å². The van der Waals surface area contributed by atoms with Crippen molar-refractivity contribution in [1.29, 1.82) is 0 Å². The first-order valence-corrected chi connectivity index (χ1v) is 7.17. The van der Waals surface area contributed by atoms with Crippen molar-refractivity contribution in [2.45, 2.75) is 11.8 Å². The predicted octanol–water partition coefficient (Wildman–Crippen LogP) is 2.02. The third kappa shape index (κ3) is 2.36. The van der Waals surface area contributed by atoms with Gasteiger partial charge >= 0.3 is 5.63 Å². The van der Waals surface area contributed by atoms with Gasteiger partial charge in [0.25, 0.3) is 0 Å². The quantitative estimate of drug-likeness (QED) is 0.832. The van der Waals surface area contributed by atoms with Gasteiger partial charge in [0.1, 0.15) is 0 Å². The Morgan fingerprint density at radius 2 is 1.67 bits per heavy atom. The van der Waals surface area contributed by atoms with Crippen LogP contribution in [0.3, 0.4) is 0 Å². The first-order chi connectivity index (χ1) is 8.39. The van der Waals surface area contributed by atoms with Crippen LogP contribution in [-0.4, -0.2) is 14.7 Å². The molecule has 0 unspecified atom stereocenters. The Labute approximate surface area is 105 Å². The fourth-order valence-corrected chi connectivity index (χ4v) is 2.31. The SMILES string of the molecule is Cc1c(-c2ccc(S(C)(=O)=O)cc2)ccoc1=O. The first kappa shape index (κ1) is 12.6. The topological polar surface area (TPSA) is 64.3 Å². The molecular weight excluding hydrogens is 252 g/mol. The molecule has 0 saturated heterocycles. The molecule has 0 spiro atoms. The smallest absolute Gasteiger partial charge is 0.339 e. The highest BCUT2D eigenvalue weighted by Gasteiger charge is 2.09.